The number of aryl methyl sites for hydroxylation is 1. The molecule has 0 spiro atoms. The average Bonchev–Trinajstić information content (AvgIpc) is 2.93. The zero-order valence-electron chi connectivity index (χ0n) is 13.1. The summed E-state index contributed by atoms with van der Waals surface area (Å²) in [5, 5.41) is 3.68. The van der Waals surface area contributed by atoms with Gasteiger partial charge in [0.2, 0.25) is 5.91 Å². The van der Waals surface area contributed by atoms with Crippen molar-refractivity contribution in [1.82, 2.24) is 5.32 Å². The van der Waals surface area contributed by atoms with E-state index in [9.17, 15) is 9.59 Å². The van der Waals surface area contributed by atoms with Gasteiger partial charge in [-0.1, -0.05) is 12.1 Å². The van der Waals surface area contributed by atoms with E-state index in [-0.39, 0.29) is 24.5 Å². The van der Waals surface area contributed by atoms with Crippen molar-refractivity contribution in [3.8, 4) is 0 Å². The van der Waals surface area contributed by atoms with Crippen LogP contribution in [0.4, 0.5) is 0 Å². The van der Waals surface area contributed by atoms with Crippen LogP contribution in [0, 0.1) is 6.92 Å². The number of nitrogens with one attached hydrogen (secondary N) is 1. The van der Waals surface area contributed by atoms with E-state index in [0.717, 1.165) is 10.9 Å². The normalized spacial score (nSPS) is 20.8. The van der Waals surface area contributed by atoms with Crippen molar-refractivity contribution in [3.63, 3.8) is 0 Å². The molecule has 1 aliphatic heterocycles. The largest absolute Gasteiger partial charge is 0.423 e. The Kier molecular flexibility index (Phi) is 4.45. The monoisotopic (exact) mass is 317 g/mol. The molecule has 1 aliphatic rings. The fourth-order valence-electron chi connectivity index (χ4n) is 2.82. The highest BCUT2D eigenvalue weighted by atomic mass is 16.5. The Morgan fingerprint density at radius 1 is 1.35 bits per heavy atom. The van der Waals surface area contributed by atoms with Gasteiger partial charge in [-0.25, -0.2) is 4.79 Å². The van der Waals surface area contributed by atoms with Crippen LogP contribution in [0.2, 0.25) is 0 Å². The van der Waals surface area contributed by atoms with E-state index < -0.39 is 5.63 Å². The molecule has 0 bridgehead atoms. The predicted octanol–water partition coefficient (Wildman–Crippen LogP) is 1.17. The number of hydrogen-bond acceptors (Lipinski definition) is 5. The molecule has 0 radical (unpaired) electrons. The Bertz CT molecular complexity index is 782. The molecule has 1 amide bonds. The maximum absolute atomic E-state index is 12.3. The highest BCUT2D eigenvalue weighted by Crippen LogP contribution is 2.19. The van der Waals surface area contributed by atoms with E-state index in [4.69, 9.17) is 13.9 Å². The molecule has 1 N–H and O–H groups in total. The van der Waals surface area contributed by atoms with E-state index in [2.05, 4.69) is 5.32 Å². The van der Waals surface area contributed by atoms with Gasteiger partial charge in [-0.3, -0.25) is 4.79 Å². The number of carbonyl (C=O) groups excluding carboxylic acids is 1. The molecule has 23 heavy (non-hydrogen) atoms. The summed E-state index contributed by atoms with van der Waals surface area (Å²) in [7, 11) is 1.59. The fourth-order valence-corrected chi connectivity index (χ4v) is 2.82. The number of benzene rings is 1. The smallest absolute Gasteiger partial charge is 0.336 e. The number of amides is 1. The number of fused-ring (bicyclic) bond motifs is 1. The molecule has 1 aromatic heterocycles. The molecule has 2 aromatic rings. The first-order chi connectivity index (χ1) is 11.1. The quantitative estimate of drug-likeness (QED) is 0.857. The number of methoxy groups -OCH3 is 1. The average molecular weight is 317 g/mol. The van der Waals surface area contributed by atoms with Crippen LogP contribution in [-0.2, 0) is 20.7 Å². The lowest BCUT2D eigenvalue weighted by Gasteiger charge is -2.17. The second-order valence-electron chi connectivity index (χ2n) is 5.75. The summed E-state index contributed by atoms with van der Waals surface area (Å²) >= 11 is 0. The van der Waals surface area contributed by atoms with Crippen LogP contribution < -0.4 is 10.9 Å². The molecule has 0 aliphatic carbocycles. The Balaban J connectivity index is 1.81. The Labute approximate surface area is 133 Å². The van der Waals surface area contributed by atoms with Crippen LogP contribution in [0.25, 0.3) is 11.0 Å². The van der Waals surface area contributed by atoms with Gasteiger partial charge in [0.25, 0.3) is 0 Å². The summed E-state index contributed by atoms with van der Waals surface area (Å²) < 4.78 is 15.8. The van der Waals surface area contributed by atoms with Crippen LogP contribution in [-0.4, -0.2) is 38.4 Å². The van der Waals surface area contributed by atoms with Gasteiger partial charge in [0.15, 0.2) is 0 Å². The van der Waals surface area contributed by atoms with Gasteiger partial charge in [-0.05, 0) is 24.1 Å². The summed E-state index contributed by atoms with van der Waals surface area (Å²) in [4.78, 5) is 24.0. The minimum Gasteiger partial charge on any atom is -0.423 e. The van der Waals surface area contributed by atoms with Crippen molar-refractivity contribution in [2.24, 2.45) is 0 Å². The highest BCUT2D eigenvalue weighted by molar-refractivity contribution is 5.87. The van der Waals surface area contributed by atoms with Crippen LogP contribution in [0.5, 0.6) is 0 Å². The van der Waals surface area contributed by atoms with Crippen molar-refractivity contribution in [2.45, 2.75) is 25.5 Å². The number of hydrogen-bond donors (Lipinski definition) is 1. The van der Waals surface area contributed by atoms with E-state index >= 15 is 0 Å². The van der Waals surface area contributed by atoms with Gasteiger partial charge in [0, 0.05) is 18.6 Å². The predicted molar refractivity (Wildman–Crippen MR) is 84.5 cm³/mol. The molecule has 6 nitrogen and oxygen atoms in total. The topological polar surface area (TPSA) is 77.8 Å². The van der Waals surface area contributed by atoms with Gasteiger partial charge in [0.1, 0.15) is 11.7 Å². The number of rotatable bonds is 4. The third-order valence-corrected chi connectivity index (χ3v) is 4.01. The van der Waals surface area contributed by atoms with Gasteiger partial charge in [0.05, 0.1) is 25.7 Å². The van der Waals surface area contributed by atoms with E-state index in [1.54, 1.807) is 13.2 Å². The molecule has 6 heteroatoms. The zero-order chi connectivity index (χ0) is 16.4. The van der Waals surface area contributed by atoms with Crippen LogP contribution >= 0.6 is 0 Å². The summed E-state index contributed by atoms with van der Waals surface area (Å²) in [5.41, 5.74) is 1.69. The zero-order valence-corrected chi connectivity index (χ0v) is 13.1. The van der Waals surface area contributed by atoms with Gasteiger partial charge in [-0.2, -0.15) is 0 Å². The summed E-state index contributed by atoms with van der Waals surface area (Å²) in [6, 6.07) is 6.80. The number of carbonyl (C=O) groups is 1. The highest BCUT2D eigenvalue weighted by Gasteiger charge is 2.29. The van der Waals surface area contributed by atoms with Gasteiger partial charge in [-0.15, -0.1) is 0 Å². The fraction of sp³-hybridized carbons (Fsp3) is 0.412. The van der Waals surface area contributed by atoms with Crippen LogP contribution in [0.15, 0.2) is 33.5 Å². The SMILES string of the molecule is CO[C@@H]1COC[C@@H]1NC(=O)Cc1cc(=O)oc2cc(C)ccc12. The van der Waals surface area contributed by atoms with Crippen molar-refractivity contribution < 1.29 is 18.7 Å². The molecule has 2 heterocycles. The Morgan fingerprint density at radius 3 is 2.96 bits per heavy atom. The maximum atomic E-state index is 12.3. The molecule has 0 saturated carbocycles. The Morgan fingerprint density at radius 2 is 2.17 bits per heavy atom. The first-order valence-electron chi connectivity index (χ1n) is 7.50. The summed E-state index contributed by atoms with van der Waals surface area (Å²) in [6.07, 6.45) is -0.0304. The van der Waals surface area contributed by atoms with Crippen molar-refractivity contribution in [1.29, 1.82) is 0 Å². The molecular weight excluding hydrogens is 298 g/mol. The van der Waals surface area contributed by atoms with E-state index in [1.165, 1.54) is 6.07 Å². The minimum atomic E-state index is -0.454. The molecule has 3 rings (SSSR count). The summed E-state index contributed by atoms with van der Waals surface area (Å²) in [6.45, 7) is 2.82. The first kappa shape index (κ1) is 15.7. The second kappa shape index (κ2) is 6.52. The van der Waals surface area contributed by atoms with Gasteiger partial charge >= 0.3 is 5.63 Å². The van der Waals surface area contributed by atoms with E-state index in [0.29, 0.717) is 24.4 Å². The van der Waals surface area contributed by atoms with Crippen LogP contribution in [0.1, 0.15) is 11.1 Å². The molecule has 2 atom stereocenters. The molecule has 122 valence electrons. The molecule has 1 saturated heterocycles. The van der Waals surface area contributed by atoms with Crippen LogP contribution in [0.3, 0.4) is 0 Å². The maximum Gasteiger partial charge on any atom is 0.336 e. The van der Waals surface area contributed by atoms with Crippen molar-refractivity contribution >= 4 is 16.9 Å². The Hall–Kier alpha value is -2.18. The molecule has 0 unspecified atom stereocenters. The second-order valence-corrected chi connectivity index (χ2v) is 5.75. The van der Waals surface area contributed by atoms with Gasteiger partial charge < -0.3 is 19.2 Å². The third-order valence-electron chi connectivity index (χ3n) is 4.01. The molecular formula is C17H19NO5. The van der Waals surface area contributed by atoms with E-state index in [1.807, 2.05) is 19.1 Å². The number of ether oxygens (including phenoxy) is 2. The standard InChI is InChI=1S/C17H19NO5/c1-10-3-4-12-11(7-17(20)23-14(12)5-10)6-16(19)18-13-8-22-9-15(13)21-2/h3-5,7,13,15H,6,8-9H2,1-2H3,(H,18,19)/t13-,15+/m0/s1. The molecule has 1 fully saturated rings. The lowest BCUT2D eigenvalue weighted by molar-refractivity contribution is -0.121. The summed E-state index contributed by atoms with van der Waals surface area (Å²) in [5.74, 6) is -0.171. The first-order valence-corrected chi connectivity index (χ1v) is 7.50. The minimum absolute atomic E-state index is 0.109. The van der Waals surface area contributed by atoms with Crippen molar-refractivity contribution in [2.75, 3.05) is 20.3 Å². The lowest BCUT2D eigenvalue weighted by Crippen LogP contribution is -2.44. The van der Waals surface area contributed by atoms with Crippen molar-refractivity contribution in [3.05, 3.63) is 45.8 Å². The lowest BCUT2D eigenvalue weighted by atomic mass is 10.0. The third kappa shape index (κ3) is 3.43. The molecule has 1 aromatic carbocycles.